The smallest absolute Gasteiger partial charge is 0.324 e. The highest BCUT2D eigenvalue weighted by Crippen LogP contribution is 2.55. The molecule has 2 aromatic carbocycles. The summed E-state index contributed by atoms with van der Waals surface area (Å²) in [6.45, 7) is 5.85. The Bertz CT molecular complexity index is 1050. The molecule has 0 amide bonds. The zero-order valence-electron chi connectivity index (χ0n) is 16.9. The molecule has 0 saturated heterocycles. The Hall–Kier alpha value is -3.08. The van der Waals surface area contributed by atoms with Gasteiger partial charge in [0.25, 0.3) is 0 Å². The molecule has 5 nitrogen and oxygen atoms in total. The van der Waals surface area contributed by atoms with E-state index in [0.717, 1.165) is 27.7 Å². The number of fused-ring (bicyclic) bond motifs is 3. The molecular weight excluding hydrogens is 368 g/mol. The van der Waals surface area contributed by atoms with Gasteiger partial charge in [-0.1, -0.05) is 42.0 Å². The van der Waals surface area contributed by atoms with Gasteiger partial charge in [0.2, 0.25) is 0 Å². The van der Waals surface area contributed by atoms with E-state index in [-0.39, 0.29) is 19.6 Å². The average Bonchev–Trinajstić information content (AvgIpc) is 3.23. The Morgan fingerprint density at radius 3 is 2.31 bits per heavy atom. The van der Waals surface area contributed by atoms with Crippen molar-refractivity contribution in [2.45, 2.75) is 33.1 Å². The third kappa shape index (κ3) is 2.92. The third-order valence-corrected chi connectivity index (χ3v) is 5.59. The highest BCUT2D eigenvalue weighted by atomic mass is 16.6. The monoisotopic (exact) mass is 392 g/mol. The van der Waals surface area contributed by atoms with Crippen LogP contribution in [0.25, 0.3) is 11.0 Å². The molecule has 1 atom stereocenters. The van der Waals surface area contributed by atoms with Crippen LogP contribution < -0.4 is 0 Å². The molecule has 150 valence electrons. The molecule has 0 radical (unpaired) electrons. The van der Waals surface area contributed by atoms with Gasteiger partial charge < -0.3 is 13.9 Å². The maximum Gasteiger partial charge on any atom is 0.324 e. The first kappa shape index (κ1) is 19.2. The number of furan rings is 1. The van der Waals surface area contributed by atoms with Crippen LogP contribution in [0.1, 0.15) is 42.2 Å². The second-order valence-electron chi connectivity index (χ2n) is 7.37. The number of hydrogen-bond donors (Lipinski definition) is 0. The normalized spacial score (nSPS) is 17.1. The predicted molar refractivity (Wildman–Crippen MR) is 109 cm³/mol. The summed E-state index contributed by atoms with van der Waals surface area (Å²) in [6, 6.07) is 15.5. The van der Waals surface area contributed by atoms with Crippen molar-refractivity contribution in [3.8, 4) is 0 Å². The first-order valence-electron chi connectivity index (χ1n) is 9.94. The Labute approximate surface area is 169 Å². The molecular formula is C24H24O5. The van der Waals surface area contributed by atoms with E-state index in [1.54, 1.807) is 13.8 Å². The van der Waals surface area contributed by atoms with Crippen LogP contribution in [0, 0.1) is 12.3 Å². The Morgan fingerprint density at radius 2 is 1.69 bits per heavy atom. The molecule has 1 aliphatic carbocycles. The second-order valence-corrected chi connectivity index (χ2v) is 7.37. The van der Waals surface area contributed by atoms with Gasteiger partial charge >= 0.3 is 11.9 Å². The highest BCUT2D eigenvalue weighted by molar-refractivity contribution is 6.05. The molecule has 0 aliphatic heterocycles. The topological polar surface area (TPSA) is 65.7 Å². The van der Waals surface area contributed by atoms with E-state index in [9.17, 15) is 9.59 Å². The number of aryl methyl sites for hydroxylation is 1. The third-order valence-electron chi connectivity index (χ3n) is 5.59. The van der Waals surface area contributed by atoms with Crippen molar-refractivity contribution in [3.63, 3.8) is 0 Å². The van der Waals surface area contributed by atoms with Gasteiger partial charge in [0, 0.05) is 23.3 Å². The van der Waals surface area contributed by atoms with Gasteiger partial charge in [0.1, 0.15) is 11.3 Å². The van der Waals surface area contributed by atoms with Crippen LogP contribution in [0.5, 0.6) is 0 Å². The zero-order valence-corrected chi connectivity index (χ0v) is 16.9. The molecule has 1 unspecified atom stereocenters. The van der Waals surface area contributed by atoms with Crippen molar-refractivity contribution in [2.75, 3.05) is 13.2 Å². The summed E-state index contributed by atoms with van der Waals surface area (Å²) in [5.41, 5.74) is 2.06. The fraction of sp³-hybridized carbons (Fsp3) is 0.333. The SMILES string of the molecule is CCOC(=O)C1(C(=O)OCC)Cc2oc3ccc(C)cc3c2C1c1ccccc1. The van der Waals surface area contributed by atoms with E-state index in [1.807, 2.05) is 55.5 Å². The van der Waals surface area contributed by atoms with E-state index in [4.69, 9.17) is 13.9 Å². The van der Waals surface area contributed by atoms with Crippen LogP contribution in [-0.2, 0) is 25.5 Å². The largest absolute Gasteiger partial charge is 0.465 e. The summed E-state index contributed by atoms with van der Waals surface area (Å²) in [5, 5.41) is 0.921. The summed E-state index contributed by atoms with van der Waals surface area (Å²) in [6.07, 6.45) is 0.118. The molecule has 0 spiro atoms. The van der Waals surface area contributed by atoms with Crippen molar-refractivity contribution in [1.29, 1.82) is 0 Å². The van der Waals surface area contributed by atoms with Gasteiger partial charge in [-0.25, -0.2) is 0 Å². The van der Waals surface area contributed by atoms with Gasteiger partial charge in [-0.3, -0.25) is 9.59 Å². The molecule has 0 N–H and O–H groups in total. The van der Waals surface area contributed by atoms with Crippen LogP contribution in [-0.4, -0.2) is 25.2 Å². The number of carbonyl (C=O) groups excluding carboxylic acids is 2. The molecule has 1 aliphatic rings. The fourth-order valence-electron chi connectivity index (χ4n) is 4.41. The molecule has 0 fully saturated rings. The summed E-state index contributed by atoms with van der Waals surface area (Å²) in [4.78, 5) is 26.5. The minimum Gasteiger partial charge on any atom is -0.465 e. The van der Waals surface area contributed by atoms with Crippen LogP contribution in [0.2, 0.25) is 0 Å². The number of carbonyl (C=O) groups is 2. The number of rotatable bonds is 5. The minimum atomic E-state index is -1.50. The van der Waals surface area contributed by atoms with Gasteiger partial charge in [0.05, 0.1) is 13.2 Å². The number of hydrogen-bond acceptors (Lipinski definition) is 5. The van der Waals surface area contributed by atoms with Crippen LogP contribution in [0.15, 0.2) is 52.9 Å². The van der Waals surface area contributed by atoms with Crippen LogP contribution in [0.4, 0.5) is 0 Å². The van der Waals surface area contributed by atoms with Crippen molar-refractivity contribution in [3.05, 3.63) is 71.0 Å². The van der Waals surface area contributed by atoms with Gasteiger partial charge in [-0.05, 0) is 38.5 Å². The second kappa shape index (κ2) is 7.39. The average molecular weight is 392 g/mol. The van der Waals surface area contributed by atoms with Gasteiger partial charge in [-0.15, -0.1) is 0 Å². The van der Waals surface area contributed by atoms with Crippen molar-refractivity contribution in [2.24, 2.45) is 5.41 Å². The van der Waals surface area contributed by atoms with Gasteiger partial charge in [0.15, 0.2) is 5.41 Å². The quantitative estimate of drug-likeness (QED) is 0.471. The summed E-state index contributed by atoms with van der Waals surface area (Å²) in [7, 11) is 0. The molecule has 4 rings (SSSR count). The van der Waals surface area contributed by atoms with E-state index in [0.29, 0.717) is 5.76 Å². The minimum absolute atomic E-state index is 0.118. The number of esters is 2. The molecule has 1 aromatic heterocycles. The lowest BCUT2D eigenvalue weighted by atomic mass is 9.72. The Balaban J connectivity index is 2.01. The van der Waals surface area contributed by atoms with E-state index < -0.39 is 23.3 Å². The summed E-state index contributed by atoms with van der Waals surface area (Å²) >= 11 is 0. The van der Waals surface area contributed by atoms with Crippen molar-refractivity contribution in [1.82, 2.24) is 0 Å². The Kier molecular flexibility index (Phi) is 4.91. The van der Waals surface area contributed by atoms with Crippen molar-refractivity contribution >= 4 is 22.9 Å². The molecule has 0 bridgehead atoms. The van der Waals surface area contributed by atoms with Gasteiger partial charge in [-0.2, -0.15) is 0 Å². The molecule has 5 heteroatoms. The van der Waals surface area contributed by atoms with Crippen molar-refractivity contribution < 1.29 is 23.5 Å². The molecule has 1 heterocycles. The lowest BCUT2D eigenvalue weighted by Crippen LogP contribution is -2.46. The first-order valence-corrected chi connectivity index (χ1v) is 9.94. The maximum absolute atomic E-state index is 13.3. The summed E-state index contributed by atoms with van der Waals surface area (Å²) in [5.74, 6) is -1.04. The highest BCUT2D eigenvalue weighted by Gasteiger charge is 2.62. The number of ether oxygens (including phenoxy) is 2. The predicted octanol–water partition coefficient (Wildman–Crippen LogP) is 4.54. The molecule has 3 aromatic rings. The lowest BCUT2D eigenvalue weighted by Gasteiger charge is -2.31. The maximum atomic E-state index is 13.3. The van der Waals surface area contributed by atoms with Crippen LogP contribution >= 0.6 is 0 Å². The Morgan fingerprint density at radius 1 is 1.03 bits per heavy atom. The summed E-state index contributed by atoms with van der Waals surface area (Å²) < 4.78 is 16.9. The zero-order chi connectivity index (χ0) is 20.6. The molecule has 29 heavy (non-hydrogen) atoms. The lowest BCUT2D eigenvalue weighted by molar-refractivity contribution is -0.172. The standard InChI is InChI=1S/C24H24O5/c1-4-27-22(25)24(23(26)28-5-2)14-19-20(21(24)16-9-7-6-8-10-16)17-13-15(3)11-12-18(17)29-19/h6-13,21H,4-5,14H2,1-3H3. The van der Waals surface area contributed by atoms with E-state index >= 15 is 0 Å². The fourth-order valence-corrected chi connectivity index (χ4v) is 4.41. The van der Waals surface area contributed by atoms with E-state index in [1.165, 1.54) is 0 Å². The first-order chi connectivity index (χ1) is 14.0. The number of benzene rings is 2. The van der Waals surface area contributed by atoms with Crippen LogP contribution in [0.3, 0.4) is 0 Å². The molecule has 0 saturated carbocycles. The van der Waals surface area contributed by atoms with E-state index in [2.05, 4.69) is 0 Å².